The summed E-state index contributed by atoms with van der Waals surface area (Å²) in [4.78, 5) is 7.50. The van der Waals surface area contributed by atoms with Gasteiger partial charge in [-0.25, -0.2) is 9.67 Å². The molecule has 1 fully saturated rings. The van der Waals surface area contributed by atoms with Gasteiger partial charge in [-0.1, -0.05) is 37.3 Å². The molecule has 1 N–H and O–H groups in total. The summed E-state index contributed by atoms with van der Waals surface area (Å²) in [6.07, 6.45) is 2.62. The highest BCUT2D eigenvalue weighted by molar-refractivity contribution is 5.85. The Labute approximate surface area is 190 Å². The topological polar surface area (TPSA) is 46.0 Å². The molecule has 0 bridgehead atoms. The zero-order valence-corrected chi connectivity index (χ0v) is 19.2. The molecular formula is C27H31N5. The van der Waals surface area contributed by atoms with Crippen molar-refractivity contribution in [3.63, 3.8) is 0 Å². The molecule has 5 heteroatoms. The molecule has 0 saturated carbocycles. The van der Waals surface area contributed by atoms with E-state index in [2.05, 4.69) is 66.5 Å². The normalized spacial score (nSPS) is 15.3. The van der Waals surface area contributed by atoms with Crippen LogP contribution in [0.25, 0.3) is 16.7 Å². The average molecular weight is 426 g/mol. The van der Waals surface area contributed by atoms with E-state index in [4.69, 9.17) is 10.1 Å². The van der Waals surface area contributed by atoms with Gasteiger partial charge in [-0.2, -0.15) is 5.10 Å². The van der Waals surface area contributed by atoms with Crippen LogP contribution < -0.4 is 5.32 Å². The van der Waals surface area contributed by atoms with Gasteiger partial charge in [0, 0.05) is 17.6 Å². The fourth-order valence-corrected chi connectivity index (χ4v) is 4.64. The first-order valence-corrected chi connectivity index (χ1v) is 11.6. The average Bonchev–Trinajstić information content (AvgIpc) is 3.14. The Bertz CT molecular complexity index is 1200. The lowest BCUT2D eigenvalue weighted by molar-refractivity contribution is 0.185. The predicted molar refractivity (Wildman–Crippen MR) is 132 cm³/mol. The molecule has 2 aromatic heterocycles. The maximum absolute atomic E-state index is 4.93. The number of anilines is 2. The number of para-hydroxylation sites is 1. The van der Waals surface area contributed by atoms with Crippen LogP contribution in [0.3, 0.4) is 0 Å². The van der Waals surface area contributed by atoms with Gasteiger partial charge in [-0.3, -0.25) is 4.90 Å². The smallest absolute Gasteiger partial charge is 0.165 e. The zero-order chi connectivity index (χ0) is 22.1. The largest absolute Gasteiger partial charge is 0.340 e. The third-order valence-electron chi connectivity index (χ3n) is 6.52. The van der Waals surface area contributed by atoms with Crippen molar-refractivity contribution in [3.05, 3.63) is 77.5 Å². The molecule has 0 unspecified atom stereocenters. The Balaban J connectivity index is 1.37. The molecule has 0 amide bonds. The molecule has 5 nitrogen and oxygen atoms in total. The van der Waals surface area contributed by atoms with Crippen molar-refractivity contribution in [1.29, 1.82) is 0 Å². The summed E-state index contributed by atoms with van der Waals surface area (Å²) < 4.78 is 1.94. The first-order chi connectivity index (χ1) is 15.6. The third kappa shape index (κ3) is 4.26. The summed E-state index contributed by atoms with van der Waals surface area (Å²) in [6.45, 7) is 9.98. The highest BCUT2D eigenvalue weighted by atomic mass is 15.3. The van der Waals surface area contributed by atoms with Crippen LogP contribution in [-0.2, 0) is 6.54 Å². The fourth-order valence-electron chi connectivity index (χ4n) is 4.64. The first kappa shape index (κ1) is 20.7. The second-order valence-corrected chi connectivity index (χ2v) is 9.14. The monoisotopic (exact) mass is 425 g/mol. The van der Waals surface area contributed by atoms with Crippen molar-refractivity contribution in [1.82, 2.24) is 19.7 Å². The first-order valence-electron chi connectivity index (χ1n) is 11.6. The molecule has 32 heavy (non-hydrogen) atoms. The lowest BCUT2D eigenvalue weighted by Crippen LogP contribution is -2.32. The molecule has 0 spiro atoms. The summed E-state index contributed by atoms with van der Waals surface area (Å²) in [6, 6.07) is 21.1. The van der Waals surface area contributed by atoms with E-state index in [9.17, 15) is 0 Å². The Kier molecular flexibility index (Phi) is 5.66. The number of aryl methyl sites for hydroxylation is 2. The van der Waals surface area contributed by atoms with Crippen molar-refractivity contribution < 1.29 is 0 Å². The minimum absolute atomic E-state index is 0.838. The van der Waals surface area contributed by atoms with E-state index in [0.717, 1.165) is 46.4 Å². The predicted octanol–water partition coefficient (Wildman–Crippen LogP) is 6.01. The number of likely N-dealkylation sites (tertiary alicyclic amines) is 1. The second kappa shape index (κ2) is 8.75. The van der Waals surface area contributed by atoms with Crippen LogP contribution in [0.2, 0.25) is 0 Å². The van der Waals surface area contributed by atoms with Gasteiger partial charge < -0.3 is 5.32 Å². The highest BCUT2D eigenvalue weighted by Gasteiger charge is 2.16. The van der Waals surface area contributed by atoms with Gasteiger partial charge in [0.25, 0.3) is 0 Å². The van der Waals surface area contributed by atoms with Crippen LogP contribution in [-0.4, -0.2) is 32.8 Å². The van der Waals surface area contributed by atoms with Crippen molar-refractivity contribution >= 4 is 22.5 Å². The number of piperidine rings is 1. The number of fused-ring (bicyclic) bond motifs is 1. The summed E-state index contributed by atoms with van der Waals surface area (Å²) >= 11 is 0. The molecule has 1 saturated heterocycles. The molecule has 1 aliphatic heterocycles. The number of rotatable bonds is 5. The van der Waals surface area contributed by atoms with E-state index in [1.807, 2.05) is 29.8 Å². The van der Waals surface area contributed by atoms with Gasteiger partial charge in [0.2, 0.25) is 0 Å². The van der Waals surface area contributed by atoms with Crippen LogP contribution in [0.1, 0.15) is 36.6 Å². The van der Waals surface area contributed by atoms with Gasteiger partial charge in [0.05, 0.1) is 11.4 Å². The molecule has 3 heterocycles. The van der Waals surface area contributed by atoms with Crippen LogP contribution in [0, 0.1) is 19.8 Å². The van der Waals surface area contributed by atoms with Gasteiger partial charge in [-0.05, 0) is 87.2 Å². The minimum Gasteiger partial charge on any atom is -0.340 e. The Morgan fingerprint density at radius 2 is 1.69 bits per heavy atom. The summed E-state index contributed by atoms with van der Waals surface area (Å²) in [7, 11) is 0. The quantitative estimate of drug-likeness (QED) is 0.425. The van der Waals surface area contributed by atoms with Crippen LogP contribution in [0.4, 0.5) is 11.5 Å². The van der Waals surface area contributed by atoms with E-state index in [-0.39, 0.29) is 0 Å². The van der Waals surface area contributed by atoms with Crippen molar-refractivity contribution in [2.24, 2.45) is 5.92 Å². The lowest BCUT2D eigenvalue weighted by atomic mass is 9.99. The number of aromatic nitrogens is 3. The van der Waals surface area contributed by atoms with Crippen molar-refractivity contribution in [2.45, 2.75) is 40.2 Å². The van der Waals surface area contributed by atoms with E-state index < -0.39 is 0 Å². The van der Waals surface area contributed by atoms with Gasteiger partial charge in [0.1, 0.15) is 5.82 Å². The van der Waals surface area contributed by atoms with E-state index in [1.165, 1.54) is 37.1 Å². The van der Waals surface area contributed by atoms with E-state index in [1.54, 1.807) is 0 Å². The standard InChI is InChI=1S/C27H31N5/c1-19-13-15-31(16-14-19)18-22-9-11-23(12-10-22)28-25-17-20(2)26-21(3)30-32(27(26)29-25)24-7-5-4-6-8-24/h4-12,17,19H,13-16,18H2,1-3H3,(H,28,29). The van der Waals surface area contributed by atoms with Crippen molar-refractivity contribution in [2.75, 3.05) is 18.4 Å². The molecule has 0 atom stereocenters. The van der Waals surface area contributed by atoms with Gasteiger partial charge in [0.15, 0.2) is 5.65 Å². The molecule has 1 aliphatic rings. The van der Waals surface area contributed by atoms with Gasteiger partial charge >= 0.3 is 0 Å². The Morgan fingerprint density at radius 3 is 2.41 bits per heavy atom. The molecule has 5 rings (SSSR count). The van der Waals surface area contributed by atoms with Crippen LogP contribution in [0.5, 0.6) is 0 Å². The molecule has 0 radical (unpaired) electrons. The molecule has 164 valence electrons. The number of pyridine rings is 1. The molecule has 0 aliphatic carbocycles. The fraction of sp³-hybridized carbons (Fsp3) is 0.333. The number of hydrogen-bond donors (Lipinski definition) is 1. The SMILES string of the molecule is Cc1cc(Nc2ccc(CN3CCC(C)CC3)cc2)nc2c1c(C)nn2-c1ccccc1. The van der Waals surface area contributed by atoms with Crippen LogP contribution >= 0.6 is 0 Å². The number of nitrogens with zero attached hydrogens (tertiary/aromatic N) is 4. The summed E-state index contributed by atoms with van der Waals surface area (Å²) in [5, 5.41) is 9.37. The van der Waals surface area contributed by atoms with Crippen LogP contribution in [0.15, 0.2) is 60.7 Å². The summed E-state index contributed by atoms with van der Waals surface area (Å²) in [5.41, 5.74) is 6.49. The minimum atomic E-state index is 0.838. The highest BCUT2D eigenvalue weighted by Crippen LogP contribution is 2.27. The molecule has 4 aromatic rings. The zero-order valence-electron chi connectivity index (χ0n) is 19.2. The summed E-state index contributed by atoms with van der Waals surface area (Å²) in [5.74, 6) is 1.71. The number of hydrogen-bond acceptors (Lipinski definition) is 4. The third-order valence-corrected chi connectivity index (χ3v) is 6.52. The Morgan fingerprint density at radius 1 is 0.969 bits per heavy atom. The number of benzene rings is 2. The van der Waals surface area contributed by atoms with Crippen molar-refractivity contribution in [3.8, 4) is 5.69 Å². The molecular weight excluding hydrogens is 394 g/mol. The number of nitrogens with one attached hydrogen (secondary N) is 1. The van der Waals surface area contributed by atoms with E-state index in [0.29, 0.717) is 0 Å². The lowest BCUT2D eigenvalue weighted by Gasteiger charge is -2.30. The second-order valence-electron chi connectivity index (χ2n) is 9.14. The Hall–Kier alpha value is -3.18. The molecule has 2 aromatic carbocycles. The maximum atomic E-state index is 4.93. The van der Waals surface area contributed by atoms with E-state index >= 15 is 0 Å². The van der Waals surface area contributed by atoms with Gasteiger partial charge in [-0.15, -0.1) is 0 Å². The maximum Gasteiger partial charge on any atom is 0.165 e.